The van der Waals surface area contributed by atoms with Gasteiger partial charge in [-0.3, -0.25) is 4.99 Å². The highest BCUT2D eigenvalue weighted by atomic mass is 127. The molecule has 144 valence electrons. The predicted molar refractivity (Wildman–Crippen MR) is 111 cm³/mol. The van der Waals surface area contributed by atoms with Crippen molar-refractivity contribution in [1.82, 2.24) is 10.6 Å². The number of nitrogens with zero attached hydrogens (tertiary/aromatic N) is 1. The lowest BCUT2D eigenvalue weighted by molar-refractivity contribution is 0.117. The predicted octanol–water partition coefficient (Wildman–Crippen LogP) is 2.71. The summed E-state index contributed by atoms with van der Waals surface area (Å²) in [6.07, 6.45) is 9.21. The van der Waals surface area contributed by atoms with Gasteiger partial charge in [-0.1, -0.05) is 12.8 Å². The van der Waals surface area contributed by atoms with E-state index in [4.69, 9.17) is 14.3 Å². The molecule has 0 radical (unpaired) electrons. The van der Waals surface area contributed by atoms with Crippen LogP contribution in [0, 0.1) is 0 Å². The molecule has 0 spiro atoms. The van der Waals surface area contributed by atoms with Gasteiger partial charge in [-0.15, -0.1) is 24.0 Å². The fraction of sp³-hybridized carbons (Fsp3) is 0.722. The molecule has 3 N–H and O–H groups in total. The second kappa shape index (κ2) is 14.4. The first-order valence-electron chi connectivity index (χ1n) is 9.15. The number of halogens is 1. The van der Waals surface area contributed by atoms with Crippen molar-refractivity contribution in [2.24, 2.45) is 4.99 Å². The third kappa shape index (κ3) is 10.1. The Morgan fingerprint density at radius 2 is 2.04 bits per heavy atom. The maximum absolute atomic E-state index is 8.80. The Labute approximate surface area is 167 Å². The average molecular weight is 465 g/mol. The van der Waals surface area contributed by atoms with Crippen LogP contribution in [0.4, 0.5) is 0 Å². The summed E-state index contributed by atoms with van der Waals surface area (Å²) >= 11 is 0. The van der Waals surface area contributed by atoms with Gasteiger partial charge in [-0.2, -0.15) is 0 Å². The van der Waals surface area contributed by atoms with Gasteiger partial charge in [0.05, 0.1) is 18.9 Å². The van der Waals surface area contributed by atoms with E-state index in [2.05, 4.69) is 15.6 Å². The summed E-state index contributed by atoms with van der Waals surface area (Å²) < 4.78 is 11.0. The number of aliphatic hydroxyl groups excluding tert-OH is 1. The first kappa shape index (κ1) is 22.2. The minimum absolute atomic E-state index is 0. The monoisotopic (exact) mass is 465 g/mol. The molecule has 1 aromatic rings. The van der Waals surface area contributed by atoms with Gasteiger partial charge < -0.3 is 24.9 Å². The number of ether oxygens (including phenoxy) is 1. The Hall–Kier alpha value is -0.800. The lowest BCUT2D eigenvalue weighted by Crippen LogP contribution is -2.39. The molecule has 0 bridgehead atoms. The summed E-state index contributed by atoms with van der Waals surface area (Å²) in [5, 5.41) is 15.6. The van der Waals surface area contributed by atoms with Crippen LogP contribution >= 0.6 is 24.0 Å². The second-order valence-corrected chi connectivity index (χ2v) is 6.15. The molecule has 1 unspecified atom stereocenters. The third-order valence-corrected chi connectivity index (χ3v) is 4.10. The van der Waals surface area contributed by atoms with Gasteiger partial charge in [0, 0.05) is 32.7 Å². The zero-order chi connectivity index (χ0) is 16.9. The van der Waals surface area contributed by atoms with Gasteiger partial charge in [0.1, 0.15) is 5.76 Å². The lowest BCUT2D eigenvalue weighted by Gasteiger charge is -2.13. The molecular formula is C18H32IN3O3. The van der Waals surface area contributed by atoms with Crippen LogP contribution < -0.4 is 10.6 Å². The average Bonchev–Trinajstić information content (AvgIpc) is 3.28. The molecule has 25 heavy (non-hydrogen) atoms. The van der Waals surface area contributed by atoms with Gasteiger partial charge in [0.2, 0.25) is 0 Å². The molecular weight excluding hydrogens is 433 g/mol. The van der Waals surface area contributed by atoms with Crippen LogP contribution in [0.5, 0.6) is 0 Å². The minimum atomic E-state index is 0. The van der Waals surface area contributed by atoms with Crippen LogP contribution in [0.3, 0.4) is 0 Å². The van der Waals surface area contributed by atoms with Crippen LogP contribution in [0.1, 0.15) is 44.3 Å². The van der Waals surface area contributed by atoms with Crippen molar-refractivity contribution in [1.29, 1.82) is 0 Å². The van der Waals surface area contributed by atoms with Crippen LogP contribution in [0.15, 0.2) is 27.8 Å². The number of rotatable bonds is 11. The van der Waals surface area contributed by atoms with Crippen molar-refractivity contribution in [3.63, 3.8) is 0 Å². The Balaban J connectivity index is 0.00000312. The van der Waals surface area contributed by atoms with E-state index in [9.17, 15) is 0 Å². The van der Waals surface area contributed by atoms with Gasteiger partial charge in [-0.25, -0.2) is 0 Å². The molecule has 0 aromatic carbocycles. The van der Waals surface area contributed by atoms with Gasteiger partial charge >= 0.3 is 0 Å². The molecule has 0 aliphatic carbocycles. The molecule has 0 amide bonds. The van der Waals surface area contributed by atoms with Crippen molar-refractivity contribution in [3.05, 3.63) is 24.2 Å². The van der Waals surface area contributed by atoms with Gasteiger partial charge in [-0.05, 0) is 37.8 Å². The maximum Gasteiger partial charge on any atom is 0.191 e. The number of nitrogens with one attached hydrogen (secondary N) is 2. The van der Waals surface area contributed by atoms with E-state index >= 15 is 0 Å². The standard InChI is InChI=1S/C18H31N3O3.HI/c22-12-4-2-1-3-10-19-18(21-15-17-8-6-14-24-17)20-11-9-16-7-5-13-23-16;/h5,7,13,17,22H,1-4,6,8-12,14-15H2,(H2,19,20,21);1H. The molecule has 1 fully saturated rings. The minimum Gasteiger partial charge on any atom is -0.469 e. The third-order valence-electron chi connectivity index (χ3n) is 4.10. The zero-order valence-electron chi connectivity index (χ0n) is 14.9. The summed E-state index contributed by atoms with van der Waals surface area (Å²) in [7, 11) is 0. The van der Waals surface area contributed by atoms with Crippen molar-refractivity contribution in [2.75, 3.05) is 32.8 Å². The van der Waals surface area contributed by atoms with Crippen molar-refractivity contribution < 1.29 is 14.3 Å². The molecule has 1 aliphatic heterocycles. The van der Waals surface area contributed by atoms with E-state index in [1.54, 1.807) is 6.26 Å². The number of hydrogen-bond donors (Lipinski definition) is 3. The number of guanidine groups is 1. The molecule has 1 saturated heterocycles. The van der Waals surface area contributed by atoms with E-state index in [0.29, 0.717) is 6.54 Å². The number of furan rings is 1. The van der Waals surface area contributed by atoms with Crippen LogP contribution in [-0.4, -0.2) is 50.0 Å². The summed E-state index contributed by atoms with van der Waals surface area (Å²) in [5.74, 6) is 1.82. The van der Waals surface area contributed by atoms with Crippen molar-refractivity contribution in [2.45, 2.75) is 51.0 Å². The highest BCUT2D eigenvalue weighted by Crippen LogP contribution is 2.11. The van der Waals surface area contributed by atoms with Crippen LogP contribution in [0.2, 0.25) is 0 Å². The van der Waals surface area contributed by atoms with Gasteiger partial charge in [0.25, 0.3) is 0 Å². The van der Waals surface area contributed by atoms with Crippen LogP contribution in [0.25, 0.3) is 0 Å². The van der Waals surface area contributed by atoms with E-state index in [-0.39, 0.29) is 36.7 Å². The van der Waals surface area contributed by atoms with Crippen LogP contribution in [-0.2, 0) is 11.2 Å². The highest BCUT2D eigenvalue weighted by molar-refractivity contribution is 14.0. The lowest BCUT2D eigenvalue weighted by atomic mass is 10.2. The normalized spacial score (nSPS) is 17.3. The van der Waals surface area contributed by atoms with E-state index < -0.39 is 0 Å². The fourth-order valence-corrected chi connectivity index (χ4v) is 2.71. The Kier molecular flexibility index (Phi) is 12.8. The number of unbranched alkanes of at least 4 members (excludes halogenated alkanes) is 3. The SMILES string of the molecule is I.OCCCCCCNC(=NCC1CCCO1)NCCc1ccco1. The van der Waals surface area contributed by atoms with E-state index in [1.165, 1.54) is 0 Å². The zero-order valence-corrected chi connectivity index (χ0v) is 17.2. The van der Waals surface area contributed by atoms with Gasteiger partial charge in [0.15, 0.2) is 5.96 Å². The molecule has 6 nitrogen and oxygen atoms in total. The highest BCUT2D eigenvalue weighted by Gasteiger charge is 2.14. The molecule has 2 heterocycles. The number of aliphatic imine (C=N–C) groups is 1. The Morgan fingerprint density at radius 3 is 2.76 bits per heavy atom. The Morgan fingerprint density at radius 1 is 1.20 bits per heavy atom. The summed E-state index contributed by atoms with van der Waals surface area (Å²) in [4.78, 5) is 4.66. The number of hydrogen-bond acceptors (Lipinski definition) is 4. The van der Waals surface area contributed by atoms with Crippen molar-refractivity contribution in [3.8, 4) is 0 Å². The number of aliphatic hydroxyl groups is 1. The first-order valence-corrected chi connectivity index (χ1v) is 9.15. The summed E-state index contributed by atoms with van der Waals surface area (Å²) in [5.41, 5.74) is 0. The maximum atomic E-state index is 8.80. The summed E-state index contributed by atoms with van der Waals surface area (Å²) in [6.45, 7) is 3.54. The smallest absolute Gasteiger partial charge is 0.191 e. The van der Waals surface area contributed by atoms with E-state index in [1.807, 2.05) is 12.1 Å². The fourth-order valence-electron chi connectivity index (χ4n) is 2.71. The largest absolute Gasteiger partial charge is 0.469 e. The first-order chi connectivity index (χ1) is 11.9. The topological polar surface area (TPSA) is 79.0 Å². The Bertz CT molecular complexity index is 448. The molecule has 1 aliphatic rings. The molecule has 1 aromatic heterocycles. The molecule has 7 heteroatoms. The van der Waals surface area contributed by atoms with Crippen molar-refractivity contribution >= 4 is 29.9 Å². The second-order valence-electron chi connectivity index (χ2n) is 6.15. The molecule has 0 saturated carbocycles. The molecule has 1 atom stereocenters. The molecule has 2 rings (SSSR count). The van der Waals surface area contributed by atoms with E-state index in [0.717, 1.165) is 76.4 Å². The summed E-state index contributed by atoms with van der Waals surface area (Å²) in [6, 6.07) is 3.89. The quantitative estimate of drug-likeness (QED) is 0.203.